The molecule has 3 aromatic carbocycles. The highest BCUT2D eigenvalue weighted by Crippen LogP contribution is 2.23. The van der Waals surface area contributed by atoms with Crippen molar-refractivity contribution in [3.63, 3.8) is 0 Å². The zero-order valence-electron chi connectivity index (χ0n) is 15.5. The van der Waals surface area contributed by atoms with Crippen molar-refractivity contribution in [1.82, 2.24) is 9.97 Å². The molecule has 0 bridgehead atoms. The third-order valence-corrected chi connectivity index (χ3v) is 4.85. The van der Waals surface area contributed by atoms with Crippen LogP contribution in [-0.2, 0) is 0 Å². The van der Waals surface area contributed by atoms with Crippen LogP contribution in [0.3, 0.4) is 0 Å². The van der Waals surface area contributed by atoms with Gasteiger partial charge in [-0.25, -0.2) is 0 Å². The van der Waals surface area contributed by atoms with Gasteiger partial charge < -0.3 is 0 Å². The first-order valence-corrected chi connectivity index (χ1v) is 9.54. The largest absolute Gasteiger partial charge is 0.287 e. The van der Waals surface area contributed by atoms with E-state index in [4.69, 9.17) is 11.6 Å². The monoisotopic (exact) mass is 396 g/mol. The highest BCUT2D eigenvalue weighted by Gasteiger charge is 2.16. The molecule has 0 amide bonds. The third kappa shape index (κ3) is 4.15. The summed E-state index contributed by atoms with van der Waals surface area (Å²) in [7, 11) is 0. The number of carbonyl (C=O) groups excluding carboxylic acids is 1. The van der Waals surface area contributed by atoms with Gasteiger partial charge in [-0.15, -0.1) is 0 Å². The van der Waals surface area contributed by atoms with E-state index in [1.165, 1.54) is 5.39 Å². The number of para-hydroxylation sites is 1. The lowest BCUT2D eigenvalue weighted by Crippen LogP contribution is -2.05. The van der Waals surface area contributed by atoms with Crippen molar-refractivity contribution in [2.75, 3.05) is 0 Å². The van der Waals surface area contributed by atoms with Gasteiger partial charge in [-0.2, -0.15) is 0 Å². The Hall–Kier alpha value is -3.56. The topological polar surface area (TPSA) is 42.9 Å². The Morgan fingerprint density at radius 3 is 2.17 bits per heavy atom. The Bertz CT molecular complexity index is 1230. The molecule has 0 atom stereocenters. The van der Waals surface area contributed by atoms with Crippen LogP contribution in [0.25, 0.3) is 21.7 Å². The summed E-state index contributed by atoms with van der Waals surface area (Å²) < 4.78 is 0. The molecule has 4 heteroatoms. The number of hydrogen-bond donors (Lipinski definition) is 0. The van der Waals surface area contributed by atoms with Gasteiger partial charge in [0.1, 0.15) is 5.69 Å². The van der Waals surface area contributed by atoms with Crippen LogP contribution >= 0.6 is 11.6 Å². The number of ketones is 1. The lowest BCUT2D eigenvalue weighted by molar-refractivity contribution is 0.103. The van der Waals surface area contributed by atoms with Gasteiger partial charge in [-0.05, 0) is 35.7 Å². The Morgan fingerprint density at radius 2 is 1.34 bits per heavy atom. The zero-order valence-corrected chi connectivity index (χ0v) is 16.3. The van der Waals surface area contributed by atoms with Gasteiger partial charge in [0.05, 0.1) is 10.5 Å². The van der Waals surface area contributed by atoms with Crippen LogP contribution in [0.4, 0.5) is 0 Å². The molecular formula is C25H17ClN2O. The van der Waals surface area contributed by atoms with Gasteiger partial charge in [-0.3, -0.25) is 14.8 Å². The summed E-state index contributed by atoms with van der Waals surface area (Å²) in [5.74, 6) is -0.151. The number of pyridine rings is 2. The van der Waals surface area contributed by atoms with Crippen LogP contribution in [0.2, 0.25) is 5.02 Å². The quantitative estimate of drug-likeness (QED) is 0.326. The van der Waals surface area contributed by atoms with Gasteiger partial charge in [0.2, 0.25) is 5.78 Å². The molecular weight excluding hydrogens is 380 g/mol. The van der Waals surface area contributed by atoms with Crippen molar-refractivity contribution in [2.45, 2.75) is 0 Å². The Labute approximate surface area is 173 Å². The second-order valence-electron chi connectivity index (χ2n) is 6.39. The predicted molar refractivity (Wildman–Crippen MR) is 118 cm³/mol. The summed E-state index contributed by atoms with van der Waals surface area (Å²) in [6.45, 7) is 0. The zero-order chi connectivity index (χ0) is 20.1. The summed E-state index contributed by atoms with van der Waals surface area (Å²) in [5.41, 5.74) is 1.98. The van der Waals surface area contributed by atoms with E-state index in [1.54, 1.807) is 30.5 Å². The van der Waals surface area contributed by atoms with Gasteiger partial charge in [0, 0.05) is 28.7 Å². The van der Waals surface area contributed by atoms with E-state index < -0.39 is 0 Å². The number of fused-ring (bicyclic) bond motifs is 2. The van der Waals surface area contributed by atoms with Crippen molar-refractivity contribution in [1.29, 1.82) is 0 Å². The Kier molecular flexibility index (Phi) is 5.59. The van der Waals surface area contributed by atoms with Crippen molar-refractivity contribution in [3.8, 4) is 0 Å². The van der Waals surface area contributed by atoms with Gasteiger partial charge in [0.25, 0.3) is 0 Å². The van der Waals surface area contributed by atoms with Crippen LogP contribution in [0.15, 0.2) is 103 Å². The van der Waals surface area contributed by atoms with E-state index in [0.29, 0.717) is 16.3 Å². The first kappa shape index (κ1) is 18.8. The molecule has 0 aliphatic heterocycles. The summed E-state index contributed by atoms with van der Waals surface area (Å²) in [5, 5.41) is 3.48. The van der Waals surface area contributed by atoms with Gasteiger partial charge in [0.15, 0.2) is 0 Å². The number of rotatable bonds is 2. The van der Waals surface area contributed by atoms with E-state index in [1.807, 2.05) is 60.8 Å². The fourth-order valence-electron chi connectivity index (χ4n) is 3.09. The molecule has 3 nitrogen and oxygen atoms in total. The molecule has 0 aliphatic carbocycles. The minimum atomic E-state index is -0.151. The fourth-order valence-corrected chi connectivity index (χ4v) is 3.31. The molecule has 0 fully saturated rings. The summed E-state index contributed by atoms with van der Waals surface area (Å²) in [4.78, 5) is 20.9. The molecule has 0 spiro atoms. The van der Waals surface area contributed by atoms with Gasteiger partial charge in [-0.1, -0.05) is 72.3 Å². The lowest BCUT2D eigenvalue weighted by atomic mass is 10.0. The van der Waals surface area contributed by atoms with Crippen LogP contribution in [0.1, 0.15) is 16.1 Å². The SMILES string of the molecule is O=C(c1ccccc1Cl)c1nccc2ccccc12.c1ccc2ncccc2c1. The van der Waals surface area contributed by atoms with Crippen LogP contribution in [-0.4, -0.2) is 15.8 Å². The van der Waals surface area contributed by atoms with E-state index in [-0.39, 0.29) is 5.78 Å². The Balaban J connectivity index is 0.000000171. The first-order chi connectivity index (χ1) is 14.2. The van der Waals surface area contributed by atoms with Crippen LogP contribution in [0, 0.1) is 0 Å². The van der Waals surface area contributed by atoms with E-state index >= 15 is 0 Å². The maximum atomic E-state index is 12.5. The lowest BCUT2D eigenvalue weighted by Gasteiger charge is -2.06. The molecule has 0 radical (unpaired) electrons. The molecule has 0 N–H and O–H groups in total. The number of benzene rings is 3. The minimum absolute atomic E-state index is 0.151. The molecule has 0 saturated heterocycles. The summed E-state index contributed by atoms with van der Waals surface area (Å²) in [6.07, 6.45) is 3.45. The number of aromatic nitrogens is 2. The normalized spacial score (nSPS) is 10.4. The van der Waals surface area contributed by atoms with E-state index in [2.05, 4.69) is 22.1 Å². The van der Waals surface area contributed by atoms with Crippen molar-refractivity contribution >= 4 is 39.1 Å². The highest BCUT2D eigenvalue weighted by molar-refractivity contribution is 6.35. The Morgan fingerprint density at radius 1 is 0.655 bits per heavy atom. The number of hydrogen-bond acceptors (Lipinski definition) is 3. The van der Waals surface area contributed by atoms with E-state index in [9.17, 15) is 4.79 Å². The molecule has 29 heavy (non-hydrogen) atoms. The summed E-state index contributed by atoms with van der Waals surface area (Å²) >= 11 is 6.07. The molecule has 2 heterocycles. The highest BCUT2D eigenvalue weighted by atomic mass is 35.5. The third-order valence-electron chi connectivity index (χ3n) is 4.52. The van der Waals surface area contributed by atoms with Crippen molar-refractivity contribution < 1.29 is 4.79 Å². The maximum absolute atomic E-state index is 12.5. The molecule has 5 aromatic rings. The van der Waals surface area contributed by atoms with Crippen LogP contribution in [0.5, 0.6) is 0 Å². The van der Waals surface area contributed by atoms with E-state index in [0.717, 1.165) is 16.3 Å². The maximum Gasteiger partial charge on any atom is 0.213 e. The van der Waals surface area contributed by atoms with Crippen molar-refractivity contribution in [2.24, 2.45) is 0 Å². The second-order valence-corrected chi connectivity index (χ2v) is 6.79. The average molecular weight is 397 g/mol. The second kappa shape index (κ2) is 8.63. The van der Waals surface area contributed by atoms with Gasteiger partial charge >= 0.3 is 0 Å². The smallest absolute Gasteiger partial charge is 0.213 e. The molecule has 140 valence electrons. The van der Waals surface area contributed by atoms with Crippen LogP contribution < -0.4 is 0 Å². The number of carbonyl (C=O) groups is 1. The first-order valence-electron chi connectivity index (χ1n) is 9.17. The molecule has 0 saturated carbocycles. The average Bonchev–Trinajstić information content (AvgIpc) is 2.79. The number of nitrogens with zero attached hydrogens (tertiary/aromatic N) is 2. The molecule has 0 unspecified atom stereocenters. The van der Waals surface area contributed by atoms with Crippen molar-refractivity contribution in [3.05, 3.63) is 120 Å². The molecule has 0 aliphatic rings. The predicted octanol–water partition coefficient (Wildman–Crippen LogP) is 6.35. The standard InChI is InChI=1S/C16H10ClNO.C9H7N/c17-14-8-4-3-7-13(14)16(19)15-12-6-2-1-5-11(12)9-10-18-15;1-2-6-9-8(4-1)5-3-7-10-9/h1-10H;1-7H. The molecule has 5 rings (SSSR count). The minimum Gasteiger partial charge on any atom is -0.287 e. The molecule has 2 aromatic heterocycles. The summed E-state index contributed by atoms with van der Waals surface area (Å²) in [6, 6.07) is 28.7. The fraction of sp³-hybridized carbons (Fsp3) is 0. The number of halogens is 1.